The lowest BCUT2D eigenvalue weighted by Gasteiger charge is -2.03. The van der Waals surface area contributed by atoms with Crippen LogP contribution in [0.2, 0.25) is 0 Å². The number of hydrogen-bond acceptors (Lipinski definition) is 4. The summed E-state index contributed by atoms with van der Waals surface area (Å²) in [6.07, 6.45) is 2.80. The van der Waals surface area contributed by atoms with Gasteiger partial charge in [-0.2, -0.15) is 0 Å². The molecule has 0 bridgehead atoms. The predicted octanol–water partition coefficient (Wildman–Crippen LogP) is 2.11. The van der Waals surface area contributed by atoms with Crippen molar-refractivity contribution in [1.82, 2.24) is 0 Å². The van der Waals surface area contributed by atoms with E-state index in [0.717, 1.165) is 5.56 Å². The van der Waals surface area contributed by atoms with Crippen LogP contribution in [0.5, 0.6) is 5.75 Å². The molecule has 1 aromatic carbocycles. The summed E-state index contributed by atoms with van der Waals surface area (Å²) in [7, 11) is 1.59. The third-order valence-corrected chi connectivity index (χ3v) is 2.09. The molecule has 0 aliphatic rings. The van der Waals surface area contributed by atoms with E-state index in [1.165, 1.54) is 12.2 Å². The number of phenols is 1. The molecule has 0 radical (unpaired) electrons. The van der Waals surface area contributed by atoms with Gasteiger partial charge in [-0.1, -0.05) is 12.1 Å². The largest absolute Gasteiger partial charge is 0.507 e. The molecule has 0 heterocycles. The molecule has 17 heavy (non-hydrogen) atoms. The summed E-state index contributed by atoms with van der Waals surface area (Å²) in [5, 5.41) is 9.70. The first-order valence-corrected chi connectivity index (χ1v) is 5.33. The van der Waals surface area contributed by atoms with Gasteiger partial charge in [0.2, 0.25) is 0 Å². The summed E-state index contributed by atoms with van der Waals surface area (Å²) in [6.45, 7) is 2.51. The monoisotopic (exact) mass is 236 g/mol. The Morgan fingerprint density at radius 1 is 1.47 bits per heavy atom. The number of methoxy groups -OCH3 is 1. The molecule has 0 aliphatic carbocycles. The highest BCUT2D eigenvalue weighted by Crippen LogP contribution is 2.20. The minimum atomic E-state index is -0.423. The van der Waals surface area contributed by atoms with Crippen molar-refractivity contribution < 1.29 is 19.4 Å². The van der Waals surface area contributed by atoms with E-state index >= 15 is 0 Å². The summed E-state index contributed by atoms with van der Waals surface area (Å²) in [5.41, 5.74) is 1.44. The molecule has 0 aliphatic heterocycles. The highest BCUT2D eigenvalue weighted by Gasteiger charge is 2.01. The number of benzene rings is 1. The molecule has 0 saturated carbocycles. The molecule has 1 N–H and O–H groups in total. The third kappa shape index (κ3) is 4.28. The highest BCUT2D eigenvalue weighted by molar-refractivity contribution is 5.87. The van der Waals surface area contributed by atoms with Gasteiger partial charge in [-0.25, -0.2) is 4.79 Å². The molecule has 1 aromatic rings. The lowest BCUT2D eigenvalue weighted by atomic mass is 10.1. The second-order valence-electron chi connectivity index (χ2n) is 3.41. The molecule has 0 spiro atoms. The zero-order chi connectivity index (χ0) is 12.7. The van der Waals surface area contributed by atoms with E-state index in [4.69, 9.17) is 9.47 Å². The minimum absolute atomic E-state index is 0.111. The van der Waals surface area contributed by atoms with Crippen LogP contribution in [0, 0.1) is 0 Å². The Kier molecular flexibility index (Phi) is 5.23. The first kappa shape index (κ1) is 13.3. The topological polar surface area (TPSA) is 55.8 Å². The average Bonchev–Trinajstić information content (AvgIpc) is 2.29. The van der Waals surface area contributed by atoms with Gasteiger partial charge in [-0.15, -0.1) is 0 Å². The number of hydrogen-bond donors (Lipinski definition) is 1. The van der Waals surface area contributed by atoms with Crippen molar-refractivity contribution in [1.29, 1.82) is 0 Å². The van der Waals surface area contributed by atoms with Crippen LogP contribution in [0.1, 0.15) is 18.1 Å². The van der Waals surface area contributed by atoms with E-state index in [2.05, 4.69) is 0 Å². The molecule has 0 amide bonds. The quantitative estimate of drug-likeness (QED) is 0.628. The summed E-state index contributed by atoms with van der Waals surface area (Å²) in [5.74, 6) is -0.312. The maximum Gasteiger partial charge on any atom is 0.330 e. The zero-order valence-electron chi connectivity index (χ0n) is 9.97. The van der Waals surface area contributed by atoms with Gasteiger partial charge < -0.3 is 14.6 Å². The first-order chi connectivity index (χ1) is 8.17. The molecule has 0 unspecified atom stereocenters. The second-order valence-corrected chi connectivity index (χ2v) is 3.41. The lowest BCUT2D eigenvalue weighted by Crippen LogP contribution is -1.98. The molecule has 4 nitrogen and oxygen atoms in total. The van der Waals surface area contributed by atoms with Crippen LogP contribution in [0.25, 0.3) is 6.08 Å². The number of phenolic OH excluding ortho intramolecular Hbond substituents is 1. The van der Waals surface area contributed by atoms with Crippen LogP contribution in [0.15, 0.2) is 24.3 Å². The molecule has 0 aromatic heterocycles. The van der Waals surface area contributed by atoms with Gasteiger partial charge in [0.1, 0.15) is 5.75 Å². The standard InChI is InChI=1S/C13H16O4/c1-3-17-13(15)7-6-11-5-4-10(9-16-2)8-12(11)14/h4-8,14H,3,9H2,1-2H3/b7-6+. The Morgan fingerprint density at radius 2 is 2.24 bits per heavy atom. The Morgan fingerprint density at radius 3 is 2.82 bits per heavy atom. The first-order valence-electron chi connectivity index (χ1n) is 5.33. The van der Waals surface area contributed by atoms with Gasteiger partial charge in [-0.05, 0) is 24.6 Å². The molecule has 0 fully saturated rings. The Hall–Kier alpha value is -1.81. The van der Waals surface area contributed by atoms with Crippen LogP contribution in [-0.4, -0.2) is 24.8 Å². The molecule has 4 heteroatoms. The maximum atomic E-state index is 11.1. The van der Waals surface area contributed by atoms with E-state index in [0.29, 0.717) is 18.8 Å². The van der Waals surface area contributed by atoms with Gasteiger partial charge in [-0.3, -0.25) is 0 Å². The number of aromatic hydroxyl groups is 1. The van der Waals surface area contributed by atoms with E-state index in [1.807, 2.05) is 6.07 Å². The van der Waals surface area contributed by atoms with E-state index in [1.54, 1.807) is 26.2 Å². The Bertz CT molecular complexity index is 410. The van der Waals surface area contributed by atoms with Crippen molar-refractivity contribution in [3.8, 4) is 5.75 Å². The molecular weight excluding hydrogens is 220 g/mol. The zero-order valence-corrected chi connectivity index (χ0v) is 9.97. The lowest BCUT2D eigenvalue weighted by molar-refractivity contribution is -0.137. The van der Waals surface area contributed by atoms with Crippen LogP contribution in [-0.2, 0) is 20.9 Å². The number of esters is 1. The molecule has 0 atom stereocenters. The van der Waals surface area contributed by atoms with Crippen LogP contribution < -0.4 is 0 Å². The average molecular weight is 236 g/mol. The summed E-state index contributed by atoms with van der Waals surface area (Å²) in [6, 6.07) is 5.15. The normalized spacial score (nSPS) is 10.7. The number of rotatable bonds is 5. The van der Waals surface area contributed by atoms with E-state index < -0.39 is 5.97 Å². The number of ether oxygens (including phenoxy) is 2. The van der Waals surface area contributed by atoms with Crippen LogP contribution in [0.4, 0.5) is 0 Å². The van der Waals surface area contributed by atoms with Crippen LogP contribution in [0.3, 0.4) is 0 Å². The SMILES string of the molecule is CCOC(=O)/C=C/c1ccc(COC)cc1O. The fraction of sp³-hybridized carbons (Fsp3) is 0.308. The summed E-state index contributed by atoms with van der Waals surface area (Å²) < 4.78 is 9.69. The smallest absolute Gasteiger partial charge is 0.330 e. The fourth-order valence-electron chi connectivity index (χ4n) is 1.33. The Labute approximate surface area is 100 Å². The summed E-state index contributed by atoms with van der Waals surface area (Å²) >= 11 is 0. The molecule has 1 rings (SSSR count). The Balaban J connectivity index is 2.75. The number of carbonyl (C=O) groups excluding carboxylic acids is 1. The van der Waals surface area contributed by atoms with E-state index in [9.17, 15) is 9.90 Å². The fourth-order valence-corrected chi connectivity index (χ4v) is 1.33. The second kappa shape index (κ2) is 6.70. The van der Waals surface area contributed by atoms with Crippen molar-refractivity contribution in [3.05, 3.63) is 35.4 Å². The predicted molar refractivity (Wildman–Crippen MR) is 64.5 cm³/mol. The van der Waals surface area contributed by atoms with Gasteiger partial charge in [0.15, 0.2) is 0 Å². The van der Waals surface area contributed by atoms with Crippen molar-refractivity contribution >= 4 is 12.0 Å². The van der Waals surface area contributed by atoms with Gasteiger partial charge in [0.25, 0.3) is 0 Å². The van der Waals surface area contributed by atoms with Crippen molar-refractivity contribution in [2.45, 2.75) is 13.5 Å². The highest BCUT2D eigenvalue weighted by atomic mass is 16.5. The summed E-state index contributed by atoms with van der Waals surface area (Å²) in [4.78, 5) is 11.1. The van der Waals surface area contributed by atoms with Gasteiger partial charge >= 0.3 is 5.97 Å². The molecule has 92 valence electrons. The van der Waals surface area contributed by atoms with Crippen molar-refractivity contribution in [3.63, 3.8) is 0 Å². The van der Waals surface area contributed by atoms with Crippen LogP contribution >= 0.6 is 0 Å². The number of carbonyl (C=O) groups is 1. The molecular formula is C13H16O4. The van der Waals surface area contributed by atoms with Gasteiger partial charge in [0, 0.05) is 18.7 Å². The minimum Gasteiger partial charge on any atom is -0.507 e. The van der Waals surface area contributed by atoms with E-state index in [-0.39, 0.29) is 5.75 Å². The molecule has 0 saturated heterocycles. The van der Waals surface area contributed by atoms with Gasteiger partial charge in [0.05, 0.1) is 13.2 Å². The van der Waals surface area contributed by atoms with Crippen molar-refractivity contribution in [2.24, 2.45) is 0 Å². The van der Waals surface area contributed by atoms with Crippen molar-refractivity contribution in [2.75, 3.05) is 13.7 Å². The third-order valence-electron chi connectivity index (χ3n) is 2.09. The maximum absolute atomic E-state index is 11.1.